The minimum absolute atomic E-state index is 0.292. The third-order valence-electron chi connectivity index (χ3n) is 4.43. The Balaban J connectivity index is 2.06. The number of hydrogen-bond acceptors (Lipinski definition) is 4. The number of nitrogens with two attached hydrogens (primary N) is 1. The zero-order valence-corrected chi connectivity index (χ0v) is 12.1. The molecule has 0 amide bonds. The smallest absolute Gasteiger partial charge is 0.0345 e. The van der Waals surface area contributed by atoms with Gasteiger partial charge in [-0.3, -0.25) is 4.90 Å². The first-order chi connectivity index (χ1) is 8.16. The van der Waals surface area contributed by atoms with Gasteiger partial charge in [-0.15, -0.1) is 0 Å². The Morgan fingerprint density at radius 3 is 2.82 bits per heavy atom. The van der Waals surface area contributed by atoms with Crippen molar-refractivity contribution >= 4 is 11.8 Å². The second-order valence-corrected chi connectivity index (χ2v) is 7.26. The molecule has 2 atom stereocenters. The van der Waals surface area contributed by atoms with Gasteiger partial charge in [0.15, 0.2) is 0 Å². The molecular formula is C13H27N3S. The molecule has 0 bridgehead atoms. The van der Waals surface area contributed by atoms with Crippen molar-refractivity contribution in [2.45, 2.75) is 37.0 Å². The van der Waals surface area contributed by atoms with Crippen LogP contribution < -0.4 is 5.73 Å². The van der Waals surface area contributed by atoms with Crippen molar-refractivity contribution < 1.29 is 0 Å². The SMILES string of the molecule is CC1CN(C2(CN)CCCN(C)CC2)CCS1. The lowest BCUT2D eigenvalue weighted by Gasteiger charge is -2.46. The number of thioether (sulfide) groups is 1. The summed E-state index contributed by atoms with van der Waals surface area (Å²) < 4.78 is 0. The maximum Gasteiger partial charge on any atom is 0.0345 e. The van der Waals surface area contributed by atoms with Crippen LogP contribution in [-0.2, 0) is 0 Å². The van der Waals surface area contributed by atoms with E-state index in [0.717, 1.165) is 11.8 Å². The molecule has 2 fully saturated rings. The largest absolute Gasteiger partial charge is 0.329 e. The van der Waals surface area contributed by atoms with Gasteiger partial charge in [0.2, 0.25) is 0 Å². The van der Waals surface area contributed by atoms with E-state index in [0.29, 0.717) is 5.54 Å². The minimum atomic E-state index is 0.292. The first kappa shape index (κ1) is 13.7. The van der Waals surface area contributed by atoms with E-state index in [2.05, 4.69) is 35.5 Å². The van der Waals surface area contributed by atoms with Gasteiger partial charge >= 0.3 is 0 Å². The summed E-state index contributed by atoms with van der Waals surface area (Å²) in [5.41, 5.74) is 6.45. The van der Waals surface area contributed by atoms with Crippen LogP contribution >= 0.6 is 11.8 Å². The summed E-state index contributed by atoms with van der Waals surface area (Å²) in [4.78, 5) is 5.16. The van der Waals surface area contributed by atoms with E-state index in [9.17, 15) is 0 Å². The van der Waals surface area contributed by atoms with Crippen LogP contribution in [0.4, 0.5) is 0 Å². The van der Waals surface area contributed by atoms with Crippen molar-refractivity contribution in [2.75, 3.05) is 45.5 Å². The number of likely N-dealkylation sites (tertiary alicyclic amines) is 1. The number of rotatable bonds is 2. The Morgan fingerprint density at radius 2 is 2.12 bits per heavy atom. The summed E-state index contributed by atoms with van der Waals surface area (Å²) in [6.07, 6.45) is 3.83. The molecule has 0 aromatic heterocycles. The normalized spacial score (nSPS) is 37.9. The van der Waals surface area contributed by atoms with E-state index in [1.807, 2.05) is 0 Å². The van der Waals surface area contributed by atoms with Crippen LogP contribution in [0.5, 0.6) is 0 Å². The standard InChI is InChI=1S/C13H27N3S/c1-12-10-16(8-9-17-12)13(11-14)4-3-6-15(2)7-5-13/h12H,3-11,14H2,1-2H3. The first-order valence-electron chi connectivity index (χ1n) is 6.91. The van der Waals surface area contributed by atoms with Gasteiger partial charge < -0.3 is 10.6 Å². The van der Waals surface area contributed by atoms with E-state index in [4.69, 9.17) is 5.73 Å². The molecule has 2 aliphatic heterocycles. The molecule has 2 unspecified atom stereocenters. The van der Waals surface area contributed by atoms with Gasteiger partial charge in [0.25, 0.3) is 0 Å². The highest BCUT2D eigenvalue weighted by atomic mass is 32.2. The van der Waals surface area contributed by atoms with Crippen LogP contribution in [-0.4, -0.2) is 66.1 Å². The topological polar surface area (TPSA) is 32.5 Å². The third-order valence-corrected chi connectivity index (χ3v) is 5.57. The Labute approximate surface area is 110 Å². The molecule has 0 aliphatic carbocycles. The van der Waals surface area contributed by atoms with Crippen molar-refractivity contribution in [3.63, 3.8) is 0 Å². The van der Waals surface area contributed by atoms with Crippen molar-refractivity contribution in [3.05, 3.63) is 0 Å². The van der Waals surface area contributed by atoms with Crippen molar-refractivity contribution in [1.29, 1.82) is 0 Å². The Morgan fingerprint density at radius 1 is 1.29 bits per heavy atom. The van der Waals surface area contributed by atoms with E-state index >= 15 is 0 Å². The molecule has 2 N–H and O–H groups in total. The summed E-state index contributed by atoms with van der Waals surface area (Å²) in [6, 6.07) is 0. The lowest BCUT2D eigenvalue weighted by Crippen LogP contribution is -2.58. The maximum atomic E-state index is 6.16. The lowest BCUT2D eigenvalue weighted by molar-refractivity contribution is 0.0834. The highest BCUT2D eigenvalue weighted by Crippen LogP contribution is 2.32. The second kappa shape index (κ2) is 5.91. The average Bonchev–Trinajstić information content (AvgIpc) is 2.52. The summed E-state index contributed by atoms with van der Waals surface area (Å²) in [7, 11) is 2.24. The minimum Gasteiger partial charge on any atom is -0.329 e. The Hall–Kier alpha value is 0.230. The van der Waals surface area contributed by atoms with E-state index < -0.39 is 0 Å². The molecule has 2 saturated heterocycles. The molecule has 2 rings (SSSR count). The zero-order chi connectivity index (χ0) is 12.3. The maximum absolute atomic E-state index is 6.16. The molecule has 17 heavy (non-hydrogen) atoms. The molecule has 0 saturated carbocycles. The molecule has 4 heteroatoms. The average molecular weight is 257 g/mol. The summed E-state index contributed by atoms with van der Waals surface area (Å²) in [6.45, 7) is 8.08. The number of nitrogens with zero attached hydrogens (tertiary/aromatic N) is 2. The molecular weight excluding hydrogens is 230 g/mol. The Bertz CT molecular complexity index is 249. The van der Waals surface area contributed by atoms with Crippen LogP contribution in [0.15, 0.2) is 0 Å². The van der Waals surface area contributed by atoms with Crippen LogP contribution in [0, 0.1) is 0 Å². The molecule has 0 radical (unpaired) electrons. The second-order valence-electron chi connectivity index (χ2n) is 5.71. The number of hydrogen-bond donors (Lipinski definition) is 1. The van der Waals surface area contributed by atoms with Gasteiger partial charge in [0.1, 0.15) is 0 Å². The lowest BCUT2D eigenvalue weighted by atomic mass is 9.88. The van der Waals surface area contributed by atoms with Crippen molar-refractivity contribution in [1.82, 2.24) is 9.80 Å². The van der Waals surface area contributed by atoms with E-state index in [-0.39, 0.29) is 0 Å². The van der Waals surface area contributed by atoms with Crippen LogP contribution in [0.1, 0.15) is 26.2 Å². The van der Waals surface area contributed by atoms with E-state index in [1.165, 1.54) is 51.2 Å². The fraction of sp³-hybridized carbons (Fsp3) is 1.00. The summed E-state index contributed by atoms with van der Waals surface area (Å²) in [5, 5.41) is 0.771. The third kappa shape index (κ3) is 3.16. The molecule has 100 valence electrons. The van der Waals surface area contributed by atoms with Crippen LogP contribution in [0.2, 0.25) is 0 Å². The molecule has 0 aromatic carbocycles. The highest BCUT2D eigenvalue weighted by molar-refractivity contribution is 7.99. The highest BCUT2D eigenvalue weighted by Gasteiger charge is 2.38. The van der Waals surface area contributed by atoms with Gasteiger partial charge in [-0.1, -0.05) is 6.92 Å². The van der Waals surface area contributed by atoms with Gasteiger partial charge in [-0.25, -0.2) is 0 Å². The quantitative estimate of drug-likeness (QED) is 0.807. The molecule has 0 aromatic rings. The van der Waals surface area contributed by atoms with Crippen molar-refractivity contribution in [3.8, 4) is 0 Å². The Kier molecular flexibility index (Phi) is 4.75. The van der Waals surface area contributed by atoms with Gasteiger partial charge in [-0.05, 0) is 39.4 Å². The fourth-order valence-electron chi connectivity index (χ4n) is 3.21. The van der Waals surface area contributed by atoms with Gasteiger partial charge in [0, 0.05) is 36.2 Å². The van der Waals surface area contributed by atoms with Gasteiger partial charge in [0.05, 0.1) is 0 Å². The molecule has 2 heterocycles. The predicted octanol–water partition coefficient (Wildman–Crippen LogP) is 1.24. The molecule has 2 aliphatic rings. The first-order valence-corrected chi connectivity index (χ1v) is 7.96. The zero-order valence-electron chi connectivity index (χ0n) is 11.3. The summed E-state index contributed by atoms with van der Waals surface area (Å²) >= 11 is 2.11. The fourth-order valence-corrected chi connectivity index (χ4v) is 4.23. The van der Waals surface area contributed by atoms with Gasteiger partial charge in [-0.2, -0.15) is 11.8 Å². The van der Waals surface area contributed by atoms with Crippen molar-refractivity contribution in [2.24, 2.45) is 5.73 Å². The molecule has 3 nitrogen and oxygen atoms in total. The predicted molar refractivity (Wildman–Crippen MR) is 76.6 cm³/mol. The van der Waals surface area contributed by atoms with E-state index in [1.54, 1.807) is 0 Å². The molecule has 0 spiro atoms. The van der Waals surface area contributed by atoms with Crippen LogP contribution in [0.25, 0.3) is 0 Å². The summed E-state index contributed by atoms with van der Waals surface area (Å²) in [5.74, 6) is 1.28. The monoisotopic (exact) mass is 257 g/mol. The van der Waals surface area contributed by atoms with Crippen LogP contribution in [0.3, 0.4) is 0 Å².